The maximum Gasteiger partial charge on any atom is 0.306 e. The van der Waals surface area contributed by atoms with Crippen LogP contribution in [-0.4, -0.2) is 16.4 Å². The highest BCUT2D eigenvalue weighted by Crippen LogP contribution is 2.29. The summed E-state index contributed by atoms with van der Waals surface area (Å²) in [6.45, 7) is 0. The van der Waals surface area contributed by atoms with E-state index < -0.39 is 5.97 Å². The first-order valence-electron chi connectivity index (χ1n) is 4.02. The molecule has 64 valence electrons. The van der Waals surface area contributed by atoms with Crippen molar-refractivity contribution in [1.82, 2.24) is 0 Å². The van der Waals surface area contributed by atoms with E-state index in [1.165, 1.54) is 6.42 Å². The second-order valence-corrected chi connectivity index (χ2v) is 3.87. The molecule has 1 aliphatic rings. The fourth-order valence-corrected chi connectivity index (χ4v) is 2.24. The monoisotopic (exact) mass is 220 g/mol. The molecule has 0 radical (unpaired) electrons. The van der Waals surface area contributed by atoms with Gasteiger partial charge in [0.05, 0.1) is 5.92 Å². The van der Waals surface area contributed by atoms with Gasteiger partial charge in [0.15, 0.2) is 0 Å². The van der Waals surface area contributed by atoms with E-state index in [1.807, 2.05) is 0 Å². The summed E-state index contributed by atoms with van der Waals surface area (Å²) in [6.07, 6.45) is 4.00. The quantitative estimate of drug-likeness (QED) is 0.726. The molecule has 1 aliphatic carbocycles. The molecule has 0 aliphatic heterocycles. The number of halogens is 1. The molecular formula is C8H13BrO2. The molecule has 0 spiro atoms. The van der Waals surface area contributed by atoms with Crippen LogP contribution in [0.15, 0.2) is 0 Å². The number of hydrogen-bond donors (Lipinski definition) is 1. The van der Waals surface area contributed by atoms with Crippen molar-refractivity contribution >= 4 is 21.9 Å². The Morgan fingerprint density at radius 3 is 2.82 bits per heavy atom. The maximum absolute atomic E-state index is 10.6. The summed E-state index contributed by atoms with van der Waals surface area (Å²) in [5.74, 6) is -0.105. The van der Waals surface area contributed by atoms with Crippen LogP contribution in [0.3, 0.4) is 0 Å². The zero-order valence-electron chi connectivity index (χ0n) is 6.42. The highest BCUT2D eigenvalue weighted by atomic mass is 79.9. The average molecular weight is 221 g/mol. The zero-order valence-corrected chi connectivity index (χ0v) is 8.01. The van der Waals surface area contributed by atoms with Gasteiger partial charge in [0, 0.05) is 5.33 Å². The lowest BCUT2D eigenvalue weighted by molar-refractivity contribution is -0.143. The Balaban J connectivity index is 2.39. The van der Waals surface area contributed by atoms with Gasteiger partial charge in [-0.3, -0.25) is 4.79 Å². The number of alkyl halides is 1. The van der Waals surface area contributed by atoms with Crippen molar-refractivity contribution in [3.05, 3.63) is 0 Å². The molecule has 0 saturated heterocycles. The van der Waals surface area contributed by atoms with Crippen molar-refractivity contribution in [3.8, 4) is 0 Å². The predicted molar refractivity (Wildman–Crippen MR) is 46.9 cm³/mol. The number of aliphatic carboxylic acids is 1. The third kappa shape index (κ3) is 2.47. The molecule has 2 nitrogen and oxygen atoms in total. The van der Waals surface area contributed by atoms with E-state index in [9.17, 15) is 4.79 Å². The molecular weight excluding hydrogens is 208 g/mol. The Labute approximate surface area is 75.1 Å². The number of carboxylic acids is 1. The van der Waals surface area contributed by atoms with E-state index in [-0.39, 0.29) is 5.92 Å². The summed E-state index contributed by atoms with van der Waals surface area (Å²) in [6, 6.07) is 0. The van der Waals surface area contributed by atoms with E-state index in [0.717, 1.165) is 24.6 Å². The Morgan fingerprint density at radius 2 is 2.27 bits per heavy atom. The molecule has 1 rings (SSSR count). The Hall–Kier alpha value is -0.0500. The summed E-state index contributed by atoms with van der Waals surface area (Å²) in [5, 5.41) is 9.69. The average Bonchev–Trinajstić information content (AvgIpc) is 2.05. The van der Waals surface area contributed by atoms with Crippen LogP contribution in [-0.2, 0) is 4.79 Å². The highest BCUT2D eigenvalue weighted by Gasteiger charge is 2.25. The van der Waals surface area contributed by atoms with Crippen molar-refractivity contribution in [1.29, 1.82) is 0 Å². The molecule has 0 aromatic carbocycles. The zero-order chi connectivity index (χ0) is 8.27. The van der Waals surface area contributed by atoms with Gasteiger partial charge in [-0.25, -0.2) is 0 Å². The van der Waals surface area contributed by atoms with Crippen LogP contribution in [0.4, 0.5) is 0 Å². The molecule has 2 atom stereocenters. The van der Waals surface area contributed by atoms with Crippen LogP contribution in [0, 0.1) is 11.8 Å². The highest BCUT2D eigenvalue weighted by molar-refractivity contribution is 9.09. The fourth-order valence-electron chi connectivity index (χ4n) is 1.66. The number of carboxylic acid groups (broad SMARTS) is 1. The molecule has 1 fully saturated rings. The van der Waals surface area contributed by atoms with Crippen LogP contribution in [0.1, 0.15) is 25.7 Å². The predicted octanol–water partition coefficient (Wildman–Crippen LogP) is 2.27. The minimum absolute atomic E-state index is 0.0775. The molecule has 3 heteroatoms. The van der Waals surface area contributed by atoms with E-state index in [2.05, 4.69) is 15.9 Å². The third-order valence-corrected chi connectivity index (χ3v) is 3.27. The smallest absolute Gasteiger partial charge is 0.306 e. The lowest BCUT2D eigenvalue weighted by Gasteiger charge is -2.24. The van der Waals surface area contributed by atoms with E-state index in [4.69, 9.17) is 5.11 Å². The van der Waals surface area contributed by atoms with Crippen LogP contribution in [0.5, 0.6) is 0 Å². The normalized spacial score (nSPS) is 31.7. The fraction of sp³-hybridized carbons (Fsp3) is 0.875. The first-order valence-corrected chi connectivity index (χ1v) is 5.15. The molecule has 0 aromatic heterocycles. The first-order chi connectivity index (χ1) is 5.24. The molecule has 1 N–H and O–H groups in total. The molecule has 0 bridgehead atoms. The van der Waals surface area contributed by atoms with Gasteiger partial charge in [-0.15, -0.1) is 0 Å². The molecule has 2 unspecified atom stereocenters. The topological polar surface area (TPSA) is 37.3 Å². The molecule has 11 heavy (non-hydrogen) atoms. The van der Waals surface area contributed by atoms with Crippen LogP contribution >= 0.6 is 15.9 Å². The van der Waals surface area contributed by atoms with Crippen molar-refractivity contribution < 1.29 is 9.90 Å². The molecule has 0 amide bonds. The van der Waals surface area contributed by atoms with E-state index in [1.54, 1.807) is 0 Å². The molecule has 1 saturated carbocycles. The third-order valence-electron chi connectivity index (χ3n) is 2.35. The van der Waals surface area contributed by atoms with Gasteiger partial charge >= 0.3 is 5.97 Å². The van der Waals surface area contributed by atoms with Gasteiger partial charge in [-0.05, 0) is 25.2 Å². The summed E-state index contributed by atoms with van der Waals surface area (Å²) in [5.41, 5.74) is 0. The van der Waals surface area contributed by atoms with Crippen LogP contribution < -0.4 is 0 Å². The molecule has 0 aromatic rings. The standard InChI is InChI=1S/C8H13BrO2/c9-5-6-2-1-3-7(4-6)8(10)11/h6-7H,1-5H2,(H,10,11). The van der Waals surface area contributed by atoms with Crippen molar-refractivity contribution in [2.24, 2.45) is 11.8 Å². The Bertz CT molecular complexity index is 147. The summed E-state index contributed by atoms with van der Waals surface area (Å²) in [4.78, 5) is 10.6. The van der Waals surface area contributed by atoms with Gasteiger partial charge in [0.25, 0.3) is 0 Å². The second-order valence-electron chi connectivity index (χ2n) is 3.22. The molecule has 0 heterocycles. The van der Waals surface area contributed by atoms with Gasteiger partial charge < -0.3 is 5.11 Å². The van der Waals surface area contributed by atoms with Crippen LogP contribution in [0.25, 0.3) is 0 Å². The van der Waals surface area contributed by atoms with E-state index in [0.29, 0.717) is 5.92 Å². The van der Waals surface area contributed by atoms with Gasteiger partial charge in [0.2, 0.25) is 0 Å². The summed E-state index contributed by atoms with van der Waals surface area (Å²) >= 11 is 3.39. The minimum Gasteiger partial charge on any atom is -0.481 e. The lowest BCUT2D eigenvalue weighted by Crippen LogP contribution is -2.23. The number of hydrogen-bond acceptors (Lipinski definition) is 1. The van der Waals surface area contributed by atoms with Gasteiger partial charge in [-0.1, -0.05) is 22.4 Å². The van der Waals surface area contributed by atoms with Gasteiger partial charge in [0.1, 0.15) is 0 Å². The van der Waals surface area contributed by atoms with E-state index >= 15 is 0 Å². The minimum atomic E-state index is -0.615. The van der Waals surface area contributed by atoms with Crippen molar-refractivity contribution in [3.63, 3.8) is 0 Å². The SMILES string of the molecule is O=C(O)C1CCCC(CBr)C1. The number of rotatable bonds is 2. The van der Waals surface area contributed by atoms with Crippen molar-refractivity contribution in [2.75, 3.05) is 5.33 Å². The Kier molecular flexibility index (Phi) is 3.37. The lowest BCUT2D eigenvalue weighted by atomic mass is 9.82. The second kappa shape index (κ2) is 4.10. The first kappa shape index (κ1) is 9.04. The summed E-state index contributed by atoms with van der Waals surface area (Å²) < 4.78 is 0. The Morgan fingerprint density at radius 1 is 1.55 bits per heavy atom. The maximum atomic E-state index is 10.6. The number of carbonyl (C=O) groups is 1. The summed E-state index contributed by atoms with van der Waals surface area (Å²) in [7, 11) is 0. The van der Waals surface area contributed by atoms with Crippen LogP contribution in [0.2, 0.25) is 0 Å². The largest absolute Gasteiger partial charge is 0.481 e. The van der Waals surface area contributed by atoms with Crippen molar-refractivity contribution in [2.45, 2.75) is 25.7 Å². The van der Waals surface area contributed by atoms with Gasteiger partial charge in [-0.2, -0.15) is 0 Å².